The highest BCUT2D eigenvalue weighted by atomic mass is 32.2. The van der Waals surface area contributed by atoms with Gasteiger partial charge >= 0.3 is 5.97 Å². The molecule has 0 radical (unpaired) electrons. The Morgan fingerprint density at radius 3 is 2.40 bits per heavy atom. The first-order chi connectivity index (χ1) is 9.02. The number of carbonyl (C=O) groups excluding carboxylic acids is 1. The topological polar surface area (TPSA) is 60.4 Å². The molecular weight excluding hydrogens is 296 g/mol. The van der Waals surface area contributed by atoms with Crippen LogP contribution in [-0.4, -0.2) is 25.7 Å². The molecule has 20 heavy (non-hydrogen) atoms. The molecule has 2 atom stereocenters. The molecular formula is C14H18O4S2. The minimum atomic E-state index is -3.62. The second kappa shape index (κ2) is 5.07. The molecule has 0 bridgehead atoms. The van der Waals surface area contributed by atoms with Gasteiger partial charge in [0.25, 0.3) is 0 Å². The summed E-state index contributed by atoms with van der Waals surface area (Å²) >= 11 is 0. The molecule has 4 nitrogen and oxygen atoms in total. The molecule has 2 fully saturated rings. The van der Waals surface area contributed by atoms with Crippen LogP contribution in [0.2, 0.25) is 0 Å². The van der Waals surface area contributed by atoms with Crippen LogP contribution in [-0.2, 0) is 25.8 Å². The summed E-state index contributed by atoms with van der Waals surface area (Å²) in [6.07, 6.45) is 2.35. The van der Waals surface area contributed by atoms with Crippen molar-refractivity contribution in [1.29, 1.82) is 0 Å². The lowest BCUT2D eigenvalue weighted by atomic mass is 10.1. The molecule has 1 heterocycles. The van der Waals surface area contributed by atoms with Gasteiger partial charge in [-0.05, 0) is 30.5 Å². The number of aryl methyl sites for hydroxylation is 1. The Labute approximate surface area is 125 Å². The number of carbonyl (C=O) groups is 1. The van der Waals surface area contributed by atoms with E-state index in [-0.39, 0.29) is 30.9 Å². The molecule has 1 aromatic rings. The van der Waals surface area contributed by atoms with E-state index >= 15 is 0 Å². The van der Waals surface area contributed by atoms with E-state index in [2.05, 4.69) is 6.92 Å². The maximum atomic E-state index is 12.6. The number of sulfone groups is 1. The first-order valence-corrected chi connectivity index (χ1v) is 8.01. The van der Waals surface area contributed by atoms with Crippen molar-refractivity contribution in [2.24, 2.45) is 5.92 Å². The van der Waals surface area contributed by atoms with Gasteiger partial charge in [0.05, 0.1) is 11.5 Å². The molecule has 0 unspecified atom stereocenters. The molecule has 6 heteroatoms. The fourth-order valence-corrected chi connectivity index (χ4v) is 4.94. The number of hydrogen-bond acceptors (Lipinski definition) is 4. The summed E-state index contributed by atoms with van der Waals surface area (Å²) in [6.45, 7) is 2.32. The van der Waals surface area contributed by atoms with Crippen LogP contribution in [0.5, 0.6) is 0 Å². The maximum Gasteiger partial charge on any atom is 0.328 e. The average Bonchev–Trinajstić information content (AvgIpc) is 3.06. The first-order valence-electron chi connectivity index (χ1n) is 6.53. The van der Waals surface area contributed by atoms with Crippen LogP contribution in [0.4, 0.5) is 0 Å². The molecule has 1 saturated heterocycles. The quantitative estimate of drug-likeness (QED) is 0.796. The third kappa shape index (κ3) is 1.97. The Kier molecular flexibility index (Phi) is 3.90. The van der Waals surface area contributed by atoms with Crippen molar-refractivity contribution in [2.45, 2.75) is 35.8 Å². The Hall–Kier alpha value is -1.01. The minimum Gasteiger partial charge on any atom is -0.464 e. The van der Waals surface area contributed by atoms with Gasteiger partial charge in [-0.15, -0.1) is 0 Å². The second-order valence-corrected chi connectivity index (χ2v) is 7.49. The molecule has 1 aliphatic heterocycles. The summed E-state index contributed by atoms with van der Waals surface area (Å²) in [7, 11) is -3.62. The molecule has 110 valence electrons. The third-order valence-corrected chi connectivity index (χ3v) is 6.58. The molecule has 0 amide bonds. The fourth-order valence-electron chi connectivity index (χ4n) is 2.82. The largest absolute Gasteiger partial charge is 0.464 e. The highest BCUT2D eigenvalue weighted by Crippen LogP contribution is 2.57. The molecule has 0 spiro atoms. The SMILES string of the molecule is CCCc1ccc(S(=O)(=O)[C@]23C[C@H]2COC3=O)cc1.S. The number of esters is 1. The zero-order valence-electron chi connectivity index (χ0n) is 11.3. The molecule has 2 aliphatic rings. The normalized spacial score (nSPS) is 27.4. The maximum absolute atomic E-state index is 12.6. The number of benzene rings is 1. The highest BCUT2D eigenvalue weighted by Gasteiger charge is 2.74. The summed E-state index contributed by atoms with van der Waals surface area (Å²) in [5, 5.41) is 0. The predicted molar refractivity (Wildman–Crippen MR) is 79.8 cm³/mol. The number of hydrogen-bond donors (Lipinski definition) is 0. The summed E-state index contributed by atoms with van der Waals surface area (Å²) in [5.74, 6) is -0.726. The smallest absolute Gasteiger partial charge is 0.328 e. The fraction of sp³-hybridized carbons (Fsp3) is 0.500. The van der Waals surface area contributed by atoms with E-state index in [0.717, 1.165) is 18.4 Å². The van der Waals surface area contributed by atoms with E-state index in [1.807, 2.05) is 12.1 Å². The number of ether oxygens (including phenoxy) is 1. The summed E-state index contributed by atoms with van der Waals surface area (Å²) in [6, 6.07) is 6.86. The zero-order valence-corrected chi connectivity index (χ0v) is 13.1. The van der Waals surface area contributed by atoms with Gasteiger partial charge < -0.3 is 4.74 Å². The van der Waals surface area contributed by atoms with Crippen LogP contribution >= 0.6 is 13.5 Å². The van der Waals surface area contributed by atoms with Gasteiger partial charge in [0, 0.05) is 5.92 Å². The Morgan fingerprint density at radius 1 is 1.30 bits per heavy atom. The van der Waals surface area contributed by atoms with Gasteiger partial charge in [0.15, 0.2) is 14.6 Å². The van der Waals surface area contributed by atoms with Crippen LogP contribution < -0.4 is 0 Å². The van der Waals surface area contributed by atoms with E-state index in [0.29, 0.717) is 6.42 Å². The summed E-state index contributed by atoms with van der Waals surface area (Å²) in [4.78, 5) is 12.0. The van der Waals surface area contributed by atoms with E-state index in [9.17, 15) is 13.2 Å². The van der Waals surface area contributed by atoms with Crippen LogP contribution in [0, 0.1) is 5.92 Å². The Balaban J connectivity index is 0.00000147. The van der Waals surface area contributed by atoms with Crippen molar-refractivity contribution in [3.8, 4) is 0 Å². The standard InChI is InChI=1S/C14H16O4S.H2S/c1-2-3-10-4-6-12(7-5-10)19(16,17)14-8-11(14)9-18-13(14)15;/h4-7,11H,2-3,8-9H2,1H3;1H2/t11-,14+;/m0./s1. The van der Waals surface area contributed by atoms with Crippen LogP contribution in [0.3, 0.4) is 0 Å². The Morgan fingerprint density at radius 2 is 1.95 bits per heavy atom. The number of fused-ring (bicyclic) bond motifs is 1. The van der Waals surface area contributed by atoms with Gasteiger partial charge in [0.1, 0.15) is 0 Å². The molecule has 0 aromatic heterocycles. The minimum absolute atomic E-state index is 0. The van der Waals surface area contributed by atoms with Crippen molar-refractivity contribution in [1.82, 2.24) is 0 Å². The van der Waals surface area contributed by atoms with Gasteiger partial charge in [-0.3, -0.25) is 4.79 Å². The van der Waals surface area contributed by atoms with E-state index in [1.165, 1.54) is 0 Å². The lowest BCUT2D eigenvalue weighted by Crippen LogP contribution is -2.31. The van der Waals surface area contributed by atoms with Crippen LogP contribution in [0.25, 0.3) is 0 Å². The second-order valence-electron chi connectivity index (χ2n) is 5.29. The van der Waals surface area contributed by atoms with Crippen molar-refractivity contribution in [3.63, 3.8) is 0 Å². The van der Waals surface area contributed by atoms with Crippen molar-refractivity contribution < 1.29 is 17.9 Å². The van der Waals surface area contributed by atoms with Gasteiger partial charge in [-0.25, -0.2) is 8.42 Å². The number of rotatable bonds is 4. The van der Waals surface area contributed by atoms with Gasteiger partial charge in [-0.1, -0.05) is 25.5 Å². The number of cyclic esters (lactones) is 1. The average molecular weight is 314 g/mol. The lowest BCUT2D eigenvalue weighted by molar-refractivity contribution is -0.140. The molecule has 1 aliphatic carbocycles. The Bertz CT molecular complexity index is 621. The van der Waals surface area contributed by atoms with Gasteiger partial charge in [0.2, 0.25) is 0 Å². The molecule has 1 saturated carbocycles. The monoisotopic (exact) mass is 314 g/mol. The van der Waals surface area contributed by atoms with E-state index in [4.69, 9.17) is 4.74 Å². The highest BCUT2D eigenvalue weighted by molar-refractivity contribution is 7.94. The van der Waals surface area contributed by atoms with E-state index < -0.39 is 20.6 Å². The van der Waals surface area contributed by atoms with Crippen LogP contribution in [0.1, 0.15) is 25.3 Å². The molecule has 3 rings (SSSR count). The van der Waals surface area contributed by atoms with E-state index in [1.54, 1.807) is 12.1 Å². The van der Waals surface area contributed by atoms with Gasteiger partial charge in [-0.2, -0.15) is 13.5 Å². The van der Waals surface area contributed by atoms with Crippen molar-refractivity contribution >= 4 is 29.3 Å². The summed E-state index contributed by atoms with van der Waals surface area (Å²) < 4.78 is 28.7. The van der Waals surface area contributed by atoms with Crippen molar-refractivity contribution in [3.05, 3.63) is 29.8 Å². The summed E-state index contributed by atoms with van der Waals surface area (Å²) in [5.41, 5.74) is 1.11. The third-order valence-electron chi connectivity index (χ3n) is 4.06. The first kappa shape index (κ1) is 15.4. The lowest BCUT2D eigenvalue weighted by Gasteiger charge is -2.11. The molecule has 0 N–H and O–H groups in total. The van der Waals surface area contributed by atoms with Crippen molar-refractivity contribution in [2.75, 3.05) is 6.61 Å². The predicted octanol–water partition coefficient (Wildman–Crippen LogP) is 1.84. The zero-order chi connectivity index (χ0) is 13.7. The molecule has 1 aromatic carbocycles. The van der Waals surface area contributed by atoms with Crippen LogP contribution in [0.15, 0.2) is 29.2 Å².